The third-order valence-electron chi connectivity index (χ3n) is 2.06. The summed E-state index contributed by atoms with van der Waals surface area (Å²) in [5.74, 6) is -0.770. The van der Waals surface area contributed by atoms with Crippen LogP contribution in [0.4, 0.5) is 0 Å². The Labute approximate surface area is 88.4 Å². The number of amides is 1. The topological polar surface area (TPSA) is 64.6 Å². The molecular weight excluding hydrogens is 198 g/mol. The van der Waals surface area contributed by atoms with Crippen LogP contribution < -0.4 is 5.32 Å². The number of carbonyl (C=O) groups excluding carboxylic acids is 2. The largest absolute Gasteiger partial charge is 0.467 e. The van der Waals surface area contributed by atoms with Crippen molar-refractivity contribution in [3.63, 3.8) is 0 Å². The van der Waals surface area contributed by atoms with E-state index >= 15 is 0 Å². The van der Waals surface area contributed by atoms with Crippen molar-refractivity contribution >= 4 is 11.9 Å². The van der Waals surface area contributed by atoms with E-state index in [9.17, 15) is 9.59 Å². The Balaban J connectivity index is 2.65. The minimum atomic E-state index is -0.988. The molecule has 1 N–H and O–H groups in total. The van der Waals surface area contributed by atoms with Gasteiger partial charge in [0, 0.05) is 6.08 Å². The Bertz CT molecular complexity index is 301. The molecule has 5 nitrogen and oxygen atoms in total. The summed E-state index contributed by atoms with van der Waals surface area (Å²) in [6, 6.07) is 0. The Morgan fingerprint density at radius 2 is 2.00 bits per heavy atom. The van der Waals surface area contributed by atoms with Gasteiger partial charge in [0.25, 0.3) is 0 Å². The first-order valence-corrected chi connectivity index (χ1v) is 4.63. The zero-order valence-corrected chi connectivity index (χ0v) is 9.12. The van der Waals surface area contributed by atoms with Gasteiger partial charge < -0.3 is 14.8 Å². The molecule has 1 aliphatic heterocycles. The zero-order valence-electron chi connectivity index (χ0n) is 9.12. The van der Waals surface area contributed by atoms with Gasteiger partial charge >= 0.3 is 5.97 Å². The molecule has 1 saturated heterocycles. The molecule has 15 heavy (non-hydrogen) atoms. The fraction of sp³-hybridized carbons (Fsp3) is 0.600. The highest BCUT2D eigenvalue weighted by Gasteiger charge is 2.48. The van der Waals surface area contributed by atoms with Gasteiger partial charge in [-0.05, 0) is 13.8 Å². The lowest BCUT2D eigenvalue weighted by molar-refractivity contribution is -0.171. The molecule has 0 atom stereocenters. The maximum Gasteiger partial charge on any atom is 0.336 e. The molecule has 1 heterocycles. The smallest absolute Gasteiger partial charge is 0.336 e. The molecule has 0 aromatic carbocycles. The highest BCUT2D eigenvalue weighted by Crippen LogP contribution is 2.18. The van der Waals surface area contributed by atoms with E-state index in [1.54, 1.807) is 0 Å². The third-order valence-corrected chi connectivity index (χ3v) is 2.06. The first-order chi connectivity index (χ1) is 7.00. The molecule has 5 heteroatoms. The van der Waals surface area contributed by atoms with Gasteiger partial charge in [0.15, 0.2) is 5.54 Å². The van der Waals surface area contributed by atoms with Gasteiger partial charge in [-0.15, -0.1) is 0 Å². The maximum absolute atomic E-state index is 11.4. The summed E-state index contributed by atoms with van der Waals surface area (Å²) >= 11 is 0. The van der Waals surface area contributed by atoms with Crippen molar-refractivity contribution in [2.24, 2.45) is 0 Å². The molecule has 1 aliphatic rings. The van der Waals surface area contributed by atoms with E-state index < -0.39 is 11.5 Å². The normalized spacial score (nSPS) is 17.3. The van der Waals surface area contributed by atoms with E-state index in [2.05, 4.69) is 10.1 Å². The number of hydrogen-bond donors (Lipinski definition) is 1. The molecule has 84 valence electrons. The second-order valence-electron chi connectivity index (χ2n) is 3.78. The quantitative estimate of drug-likeness (QED) is 0.530. The van der Waals surface area contributed by atoms with Crippen LogP contribution in [0.15, 0.2) is 11.6 Å². The minimum absolute atomic E-state index is 0.169. The van der Waals surface area contributed by atoms with Crippen LogP contribution >= 0.6 is 0 Å². The first-order valence-electron chi connectivity index (χ1n) is 4.63. The van der Waals surface area contributed by atoms with Gasteiger partial charge in [0.1, 0.15) is 0 Å². The molecule has 0 spiro atoms. The van der Waals surface area contributed by atoms with Crippen LogP contribution in [-0.4, -0.2) is 37.7 Å². The summed E-state index contributed by atoms with van der Waals surface area (Å²) in [5, 5.41) is 2.60. The second kappa shape index (κ2) is 4.44. The molecule has 0 unspecified atom stereocenters. The lowest BCUT2D eigenvalue weighted by atomic mass is 9.97. The van der Waals surface area contributed by atoms with Crippen LogP contribution in [0.3, 0.4) is 0 Å². The predicted octanol–water partition coefficient (Wildman–Crippen LogP) is 0.0108. The average Bonchev–Trinajstić information content (AvgIpc) is 2.09. The van der Waals surface area contributed by atoms with E-state index in [4.69, 9.17) is 4.74 Å². The summed E-state index contributed by atoms with van der Waals surface area (Å²) in [7, 11) is 1.29. The summed E-state index contributed by atoms with van der Waals surface area (Å²) in [5.41, 5.74) is -0.120. The fourth-order valence-electron chi connectivity index (χ4n) is 1.28. The predicted molar refractivity (Wildman–Crippen MR) is 53.1 cm³/mol. The summed E-state index contributed by atoms with van der Waals surface area (Å²) in [6.45, 7) is 3.95. The van der Waals surface area contributed by atoms with E-state index in [0.29, 0.717) is 0 Å². The minimum Gasteiger partial charge on any atom is -0.467 e. The van der Waals surface area contributed by atoms with Gasteiger partial charge in [0.05, 0.1) is 20.3 Å². The number of nitrogens with one attached hydrogen (secondary N) is 1. The number of carbonyl (C=O) groups is 2. The Morgan fingerprint density at radius 1 is 1.40 bits per heavy atom. The molecule has 0 aromatic heterocycles. The van der Waals surface area contributed by atoms with Gasteiger partial charge in [-0.1, -0.05) is 5.57 Å². The van der Waals surface area contributed by atoms with Gasteiger partial charge in [-0.2, -0.15) is 0 Å². The van der Waals surface area contributed by atoms with Crippen molar-refractivity contribution in [3.8, 4) is 0 Å². The molecule has 0 aromatic rings. The molecule has 0 radical (unpaired) electrons. The standard InChI is InChI=1S/C10H15NO4/c1-7(2)4-8(12)11-10(5-15-6-10)9(13)14-3/h4H,5-6H2,1-3H3,(H,11,12). The van der Waals surface area contributed by atoms with Crippen molar-refractivity contribution in [1.82, 2.24) is 5.32 Å². The highest BCUT2D eigenvalue weighted by molar-refractivity contribution is 5.94. The van der Waals surface area contributed by atoms with Crippen molar-refractivity contribution in [3.05, 3.63) is 11.6 Å². The molecule has 1 rings (SSSR count). The maximum atomic E-state index is 11.4. The molecule has 0 saturated carbocycles. The summed E-state index contributed by atoms with van der Waals surface area (Å²) in [4.78, 5) is 22.8. The fourth-order valence-corrected chi connectivity index (χ4v) is 1.28. The average molecular weight is 213 g/mol. The second-order valence-corrected chi connectivity index (χ2v) is 3.78. The van der Waals surface area contributed by atoms with Crippen molar-refractivity contribution in [2.45, 2.75) is 19.4 Å². The third kappa shape index (κ3) is 2.56. The van der Waals surface area contributed by atoms with Crippen LogP contribution in [0.25, 0.3) is 0 Å². The molecular formula is C10H15NO4. The molecule has 0 aliphatic carbocycles. The molecule has 1 amide bonds. The zero-order chi connectivity index (χ0) is 11.5. The van der Waals surface area contributed by atoms with Gasteiger partial charge in [-0.25, -0.2) is 4.79 Å². The lowest BCUT2D eigenvalue weighted by Crippen LogP contribution is -2.67. The molecule has 0 bridgehead atoms. The van der Waals surface area contributed by atoms with Crippen LogP contribution in [-0.2, 0) is 19.1 Å². The summed E-state index contributed by atoms with van der Waals surface area (Å²) in [6.07, 6.45) is 1.43. The number of ether oxygens (including phenoxy) is 2. The van der Waals surface area contributed by atoms with Crippen LogP contribution in [0.2, 0.25) is 0 Å². The van der Waals surface area contributed by atoms with Crippen molar-refractivity contribution < 1.29 is 19.1 Å². The Morgan fingerprint density at radius 3 is 2.33 bits per heavy atom. The van der Waals surface area contributed by atoms with Crippen molar-refractivity contribution in [1.29, 1.82) is 0 Å². The lowest BCUT2D eigenvalue weighted by Gasteiger charge is -2.38. The van der Waals surface area contributed by atoms with E-state index in [0.717, 1.165) is 5.57 Å². The SMILES string of the molecule is COC(=O)C1(NC(=O)C=C(C)C)COC1. The van der Waals surface area contributed by atoms with Crippen LogP contribution in [0.1, 0.15) is 13.8 Å². The number of methoxy groups -OCH3 is 1. The monoisotopic (exact) mass is 213 g/mol. The van der Waals surface area contributed by atoms with Gasteiger partial charge in [-0.3, -0.25) is 4.79 Å². The van der Waals surface area contributed by atoms with E-state index in [-0.39, 0.29) is 19.1 Å². The van der Waals surface area contributed by atoms with Gasteiger partial charge in [0.2, 0.25) is 5.91 Å². The Kier molecular flexibility index (Phi) is 3.47. The van der Waals surface area contributed by atoms with E-state index in [1.807, 2.05) is 13.8 Å². The number of rotatable bonds is 3. The summed E-state index contributed by atoms with van der Waals surface area (Å²) < 4.78 is 9.54. The number of allylic oxidation sites excluding steroid dienone is 1. The van der Waals surface area contributed by atoms with Crippen LogP contribution in [0, 0.1) is 0 Å². The van der Waals surface area contributed by atoms with E-state index in [1.165, 1.54) is 13.2 Å². The number of hydrogen-bond acceptors (Lipinski definition) is 4. The Hall–Kier alpha value is -1.36. The highest BCUT2D eigenvalue weighted by atomic mass is 16.5. The first kappa shape index (κ1) is 11.7. The van der Waals surface area contributed by atoms with Crippen molar-refractivity contribution in [2.75, 3.05) is 20.3 Å². The number of esters is 1. The molecule has 1 fully saturated rings. The van der Waals surface area contributed by atoms with Crippen LogP contribution in [0.5, 0.6) is 0 Å².